The van der Waals surface area contributed by atoms with Crippen molar-refractivity contribution >= 4 is 5.97 Å². The van der Waals surface area contributed by atoms with Crippen molar-refractivity contribution in [3.63, 3.8) is 0 Å². The first-order valence-electron chi connectivity index (χ1n) is 5.30. The summed E-state index contributed by atoms with van der Waals surface area (Å²) in [5.74, 6) is -0.812. The Morgan fingerprint density at radius 3 is 3.00 bits per heavy atom. The molecule has 88 valence electrons. The predicted octanol–water partition coefficient (Wildman–Crippen LogP) is 1.50. The zero-order valence-electron chi connectivity index (χ0n) is 9.50. The topological polar surface area (TPSA) is 68.0 Å². The van der Waals surface area contributed by atoms with E-state index in [1.165, 1.54) is 6.33 Å². The highest BCUT2D eigenvalue weighted by molar-refractivity contribution is 5.68. The van der Waals surface area contributed by atoms with E-state index in [9.17, 15) is 4.79 Å². The van der Waals surface area contributed by atoms with Crippen LogP contribution in [0.15, 0.2) is 31.0 Å². The molecule has 2 aromatic rings. The van der Waals surface area contributed by atoms with Gasteiger partial charge in [-0.3, -0.25) is 4.79 Å². The fourth-order valence-electron chi connectivity index (χ4n) is 1.69. The highest BCUT2D eigenvalue weighted by Crippen LogP contribution is 2.21. The number of aromatic nitrogens is 3. The van der Waals surface area contributed by atoms with E-state index in [0.29, 0.717) is 6.42 Å². The lowest BCUT2D eigenvalue weighted by Crippen LogP contribution is -2.00. The van der Waals surface area contributed by atoms with Gasteiger partial charge in [0.15, 0.2) is 0 Å². The second-order valence-corrected chi connectivity index (χ2v) is 3.86. The third kappa shape index (κ3) is 2.69. The van der Waals surface area contributed by atoms with Crippen LogP contribution in [0.1, 0.15) is 12.0 Å². The average Bonchev–Trinajstić information content (AvgIpc) is 2.73. The summed E-state index contributed by atoms with van der Waals surface area (Å²) >= 11 is 0. The Balaban J connectivity index is 2.30. The van der Waals surface area contributed by atoms with E-state index in [1.807, 2.05) is 30.1 Å². The van der Waals surface area contributed by atoms with Crippen molar-refractivity contribution < 1.29 is 9.90 Å². The highest BCUT2D eigenvalue weighted by atomic mass is 16.4. The zero-order valence-corrected chi connectivity index (χ0v) is 9.50. The van der Waals surface area contributed by atoms with Crippen LogP contribution in [0.2, 0.25) is 0 Å². The van der Waals surface area contributed by atoms with Crippen molar-refractivity contribution in [1.29, 1.82) is 0 Å². The number of carbonyl (C=O) groups is 1. The molecule has 5 nitrogen and oxygen atoms in total. The molecule has 0 aliphatic carbocycles. The van der Waals surface area contributed by atoms with Crippen molar-refractivity contribution in [3.05, 3.63) is 36.5 Å². The van der Waals surface area contributed by atoms with Crippen LogP contribution in [-0.4, -0.2) is 25.6 Å². The molecule has 0 bridgehead atoms. The number of carboxylic acids is 1. The van der Waals surface area contributed by atoms with Gasteiger partial charge < -0.3 is 9.67 Å². The first-order valence-corrected chi connectivity index (χ1v) is 5.30. The summed E-state index contributed by atoms with van der Waals surface area (Å²) in [6.45, 7) is 0. The predicted molar refractivity (Wildman–Crippen MR) is 62.4 cm³/mol. The quantitative estimate of drug-likeness (QED) is 0.865. The van der Waals surface area contributed by atoms with Gasteiger partial charge in [-0.1, -0.05) is 0 Å². The Bertz CT molecular complexity index is 534. The molecule has 2 aromatic heterocycles. The van der Waals surface area contributed by atoms with E-state index in [0.717, 1.165) is 16.8 Å². The van der Waals surface area contributed by atoms with Crippen LogP contribution >= 0.6 is 0 Å². The molecule has 0 aliphatic heterocycles. The van der Waals surface area contributed by atoms with Gasteiger partial charge in [-0.2, -0.15) is 0 Å². The standard InChI is InChI=1S/C12H13N3O2/c1-15-5-4-10(7-15)12-9(2-3-11(16)17)6-13-8-14-12/h4-8H,2-3H2,1H3,(H,16,17). The third-order valence-corrected chi connectivity index (χ3v) is 2.50. The Kier molecular flexibility index (Phi) is 3.18. The van der Waals surface area contributed by atoms with E-state index in [-0.39, 0.29) is 6.42 Å². The van der Waals surface area contributed by atoms with Crippen LogP contribution in [-0.2, 0) is 18.3 Å². The molecule has 0 unspecified atom stereocenters. The molecule has 0 amide bonds. The van der Waals surface area contributed by atoms with Crippen LogP contribution in [0, 0.1) is 0 Å². The van der Waals surface area contributed by atoms with Gasteiger partial charge in [0.25, 0.3) is 0 Å². The summed E-state index contributed by atoms with van der Waals surface area (Å²) in [6.07, 6.45) is 7.57. The van der Waals surface area contributed by atoms with E-state index >= 15 is 0 Å². The minimum Gasteiger partial charge on any atom is -0.481 e. The second-order valence-electron chi connectivity index (χ2n) is 3.86. The fraction of sp³-hybridized carbons (Fsp3) is 0.250. The lowest BCUT2D eigenvalue weighted by atomic mass is 10.1. The molecule has 0 atom stereocenters. The number of aliphatic carboxylic acids is 1. The minimum absolute atomic E-state index is 0.0905. The maximum atomic E-state index is 10.6. The first-order chi connectivity index (χ1) is 8.16. The smallest absolute Gasteiger partial charge is 0.303 e. The molecule has 0 aliphatic rings. The molecule has 0 saturated carbocycles. The van der Waals surface area contributed by atoms with Gasteiger partial charge >= 0.3 is 5.97 Å². The molecule has 0 fully saturated rings. The Labute approximate surface area is 98.8 Å². The number of carboxylic acid groups (broad SMARTS) is 1. The molecule has 2 heterocycles. The number of hydrogen-bond acceptors (Lipinski definition) is 3. The maximum absolute atomic E-state index is 10.6. The van der Waals surface area contributed by atoms with Crippen molar-refractivity contribution in [2.75, 3.05) is 0 Å². The summed E-state index contributed by atoms with van der Waals surface area (Å²) in [5.41, 5.74) is 2.65. The van der Waals surface area contributed by atoms with Gasteiger partial charge in [0, 0.05) is 37.6 Å². The van der Waals surface area contributed by atoms with Gasteiger partial charge in [0.05, 0.1) is 5.69 Å². The molecule has 0 radical (unpaired) electrons. The lowest BCUT2D eigenvalue weighted by Gasteiger charge is -2.04. The Morgan fingerprint density at radius 2 is 2.35 bits per heavy atom. The molecule has 0 aromatic carbocycles. The normalized spacial score (nSPS) is 10.4. The third-order valence-electron chi connectivity index (χ3n) is 2.50. The molecule has 5 heteroatoms. The van der Waals surface area contributed by atoms with E-state index in [2.05, 4.69) is 9.97 Å². The fourth-order valence-corrected chi connectivity index (χ4v) is 1.69. The van der Waals surface area contributed by atoms with Crippen molar-refractivity contribution in [2.24, 2.45) is 7.05 Å². The largest absolute Gasteiger partial charge is 0.481 e. The zero-order chi connectivity index (χ0) is 12.3. The number of rotatable bonds is 4. The lowest BCUT2D eigenvalue weighted by molar-refractivity contribution is -0.136. The van der Waals surface area contributed by atoms with Crippen LogP contribution < -0.4 is 0 Å². The Hall–Kier alpha value is -2.17. The van der Waals surface area contributed by atoms with Gasteiger partial charge in [-0.05, 0) is 18.1 Å². The molecule has 2 rings (SSSR count). The van der Waals surface area contributed by atoms with Crippen molar-refractivity contribution in [2.45, 2.75) is 12.8 Å². The van der Waals surface area contributed by atoms with E-state index < -0.39 is 5.97 Å². The average molecular weight is 231 g/mol. The van der Waals surface area contributed by atoms with Gasteiger partial charge in [0.1, 0.15) is 6.33 Å². The van der Waals surface area contributed by atoms with E-state index in [1.54, 1.807) is 6.20 Å². The molecule has 0 spiro atoms. The van der Waals surface area contributed by atoms with Crippen LogP contribution in [0.3, 0.4) is 0 Å². The van der Waals surface area contributed by atoms with Crippen molar-refractivity contribution in [3.8, 4) is 11.3 Å². The highest BCUT2D eigenvalue weighted by Gasteiger charge is 2.09. The molecular weight excluding hydrogens is 218 g/mol. The van der Waals surface area contributed by atoms with Gasteiger partial charge in [-0.15, -0.1) is 0 Å². The van der Waals surface area contributed by atoms with Crippen molar-refractivity contribution in [1.82, 2.24) is 14.5 Å². The molecule has 0 saturated heterocycles. The van der Waals surface area contributed by atoms with Gasteiger partial charge in [0.2, 0.25) is 0 Å². The van der Waals surface area contributed by atoms with Gasteiger partial charge in [-0.25, -0.2) is 9.97 Å². The van der Waals surface area contributed by atoms with E-state index in [4.69, 9.17) is 5.11 Å². The molecule has 17 heavy (non-hydrogen) atoms. The number of hydrogen-bond donors (Lipinski definition) is 1. The summed E-state index contributed by atoms with van der Waals surface area (Å²) in [5, 5.41) is 8.70. The first kappa shape index (κ1) is 11.3. The SMILES string of the molecule is Cn1ccc(-c2ncncc2CCC(=O)O)c1. The number of aryl methyl sites for hydroxylation is 2. The summed E-state index contributed by atoms with van der Waals surface area (Å²) in [7, 11) is 1.93. The summed E-state index contributed by atoms with van der Waals surface area (Å²) in [6, 6.07) is 1.95. The van der Waals surface area contributed by atoms with Crippen LogP contribution in [0.4, 0.5) is 0 Å². The summed E-state index contributed by atoms with van der Waals surface area (Å²) < 4.78 is 1.93. The number of nitrogens with zero attached hydrogens (tertiary/aromatic N) is 3. The van der Waals surface area contributed by atoms with Crippen LogP contribution in [0.5, 0.6) is 0 Å². The maximum Gasteiger partial charge on any atom is 0.303 e. The Morgan fingerprint density at radius 1 is 1.53 bits per heavy atom. The summed E-state index contributed by atoms with van der Waals surface area (Å²) in [4.78, 5) is 18.7. The van der Waals surface area contributed by atoms with Crippen LogP contribution in [0.25, 0.3) is 11.3 Å². The molecular formula is C12H13N3O2. The second kappa shape index (κ2) is 4.78. The monoisotopic (exact) mass is 231 g/mol. The molecule has 1 N–H and O–H groups in total. The minimum atomic E-state index is -0.812.